The quantitative estimate of drug-likeness (QED) is 0.702. The van der Waals surface area contributed by atoms with Crippen LogP contribution >= 0.6 is 11.5 Å². The molecule has 3 heteroatoms. The van der Waals surface area contributed by atoms with E-state index < -0.39 is 0 Å². The van der Waals surface area contributed by atoms with Crippen molar-refractivity contribution in [3.05, 3.63) is 17.1 Å². The lowest BCUT2D eigenvalue weighted by Gasteiger charge is -2.18. The van der Waals surface area contributed by atoms with Crippen LogP contribution in [0.2, 0.25) is 0 Å². The van der Waals surface area contributed by atoms with Gasteiger partial charge in [-0.05, 0) is 29.9 Å². The Bertz CT molecular complexity index is 247. The summed E-state index contributed by atoms with van der Waals surface area (Å²) < 4.78 is 4.09. The molecule has 0 aliphatic heterocycles. The Morgan fingerprint density at radius 1 is 1.31 bits per heavy atom. The van der Waals surface area contributed by atoms with Gasteiger partial charge in [0, 0.05) is 17.5 Å². The highest BCUT2D eigenvalue weighted by Crippen LogP contribution is 2.32. The first-order valence-electron chi connectivity index (χ1n) is 4.95. The summed E-state index contributed by atoms with van der Waals surface area (Å²) in [5.74, 6) is 0.348. The van der Waals surface area contributed by atoms with Gasteiger partial charge in [-0.1, -0.05) is 19.3 Å². The summed E-state index contributed by atoms with van der Waals surface area (Å²) in [7, 11) is 0. The molecule has 13 heavy (non-hydrogen) atoms. The molecule has 1 saturated carbocycles. The van der Waals surface area contributed by atoms with Crippen molar-refractivity contribution in [3.8, 4) is 0 Å². The molecule has 2 rings (SSSR count). The standard InChI is InChI=1S/C10H15NOS/c12-10-5-3-1-2-4-9(10)8-6-11-13-7-8/h6-7,9-10,12H,1-5H2. The monoisotopic (exact) mass is 197 g/mol. The second-order valence-electron chi connectivity index (χ2n) is 3.77. The van der Waals surface area contributed by atoms with Crippen LogP contribution in [0.4, 0.5) is 0 Å². The molecule has 1 aliphatic rings. The van der Waals surface area contributed by atoms with E-state index in [1.165, 1.54) is 36.4 Å². The van der Waals surface area contributed by atoms with E-state index in [9.17, 15) is 5.11 Å². The molecular formula is C10H15NOS. The minimum Gasteiger partial charge on any atom is -0.392 e. The van der Waals surface area contributed by atoms with Gasteiger partial charge in [-0.25, -0.2) is 4.37 Å². The van der Waals surface area contributed by atoms with Gasteiger partial charge in [0.25, 0.3) is 0 Å². The molecule has 1 aromatic heterocycles. The van der Waals surface area contributed by atoms with Crippen LogP contribution in [0, 0.1) is 0 Å². The molecule has 2 unspecified atom stereocenters. The van der Waals surface area contributed by atoms with Gasteiger partial charge in [-0.3, -0.25) is 0 Å². The fraction of sp³-hybridized carbons (Fsp3) is 0.700. The van der Waals surface area contributed by atoms with Crippen LogP contribution in [-0.2, 0) is 0 Å². The maximum absolute atomic E-state index is 9.90. The Kier molecular flexibility index (Phi) is 2.96. The van der Waals surface area contributed by atoms with E-state index in [0.29, 0.717) is 5.92 Å². The van der Waals surface area contributed by atoms with Crippen LogP contribution in [0.5, 0.6) is 0 Å². The molecule has 2 atom stereocenters. The number of hydrogen-bond donors (Lipinski definition) is 1. The molecule has 0 spiro atoms. The molecule has 1 aromatic rings. The molecule has 72 valence electrons. The molecule has 1 heterocycles. The van der Waals surface area contributed by atoms with Gasteiger partial charge in [0.05, 0.1) is 6.10 Å². The van der Waals surface area contributed by atoms with Crippen LogP contribution < -0.4 is 0 Å². The zero-order valence-electron chi connectivity index (χ0n) is 7.65. The van der Waals surface area contributed by atoms with E-state index in [2.05, 4.69) is 9.75 Å². The number of aliphatic hydroxyl groups excluding tert-OH is 1. The maximum Gasteiger partial charge on any atom is 0.0609 e. The molecule has 0 amide bonds. The van der Waals surface area contributed by atoms with Crippen LogP contribution in [0.3, 0.4) is 0 Å². The zero-order valence-corrected chi connectivity index (χ0v) is 8.46. The summed E-state index contributed by atoms with van der Waals surface area (Å²) in [6, 6.07) is 0. The SMILES string of the molecule is OC1CCCCCC1c1cnsc1. The van der Waals surface area contributed by atoms with Gasteiger partial charge in [0.1, 0.15) is 0 Å². The normalized spacial score (nSPS) is 29.9. The van der Waals surface area contributed by atoms with Crippen molar-refractivity contribution in [3.63, 3.8) is 0 Å². The highest BCUT2D eigenvalue weighted by Gasteiger charge is 2.23. The molecule has 0 saturated heterocycles. The fourth-order valence-corrected chi connectivity index (χ4v) is 2.67. The predicted molar refractivity (Wildman–Crippen MR) is 53.9 cm³/mol. The lowest BCUT2D eigenvalue weighted by atomic mass is 9.92. The topological polar surface area (TPSA) is 33.1 Å². The Hall–Kier alpha value is -0.410. The summed E-state index contributed by atoms with van der Waals surface area (Å²) in [4.78, 5) is 0. The van der Waals surface area contributed by atoms with E-state index >= 15 is 0 Å². The molecule has 0 bridgehead atoms. The fourth-order valence-electron chi connectivity index (χ4n) is 2.07. The maximum atomic E-state index is 9.90. The van der Waals surface area contributed by atoms with Gasteiger partial charge in [-0.15, -0.1) is 0 Å². The predicted octanol–water partition coefficient (Wildman–Crippen LogP) is 2.55. The highest BCUT2D eigenvalue weighted by molar-refractivity contribution is 7.03. The van der Waals surface area contributed by atoms with Gasteiger partial charge >= 0.3 is 0 Å². The van der Waals surface area contributed by atoms with E-state index in [4.69, 9.17) is 0 Å². The Morgan fingerprint density at radius 3 is 2.92 bits per heavy atom. The second kappa shape index (κ2) is 4.20. The highest BCUT2D eigenvalue weighted by atomic mass is 32.1. The third kappa shape index (κ3) is 2.09. The number of hydrogen-bond acceptors (Lipinski definition) is 3. The van der Waals surface area contributed by atoms with E-state index in [-0.39, 0.29) is 6.10 Å². The zero-order chi connectivity index (χ0) is 9.10. The van der Waals surface area contributed by atoms with Crippen molar-refractivity contribution >= 4 is 11.5 Å². The van der Waals surface area contributed by atoms with Crippen molar-refractivity contribution in [2.45, 2.75) is 44.1 Å². The van der Waals surface area contributed by atoms with E-state index in [0.717, 1.165) is 12.8 Å². The van der Waals surface area contributed by atoms with Crippen LogP contribution in [0.15, 0.2) is 11.6 Å². The van der Waals surface area contributed by atoms with E-state index in [1.807, 2.05) is 6.20 Å². The third-order valence-corrected chi connectivity index (χ3v) is 3.46. The second-order valence-corrected chi connectivity index (χ2v) is 4.43. The van der Waals surface area contributed by atoms with E-state index in [1.54, 1.807) is 0 Å². The summed E-state index contributed by atoms with van der Waals surface area (Å²) in [5.41, 5.74) is 1.24. The first-order valence-corrected chi connectivity index (χ1v) is 5.79. The Balaban J connectivity index is 2.11. The summed E-state index contributed by atoms with van der Waals surface area (Å²) in [5, 5.41) is 12.0. The number of aliphatic hydroxyl groups is 1. The molecule has 1 fully saturated rings. The largest absolute Gasteiger partial charge is 0.392 e. The van der Waals surface area contributed by atoms with Crippen molar-refractivity contribution in [2.24, 2.45) is 0 Å². The van der Waals surface area contributed by atoms with Crippen molar-refractivity contribution in [1.82, 2.24) is 4.37 Å². The Morgan fingerprint density at radius 2 is 2.15 bits per heavy atom. The number of nitrogens with zero attached hydrogens (tertiary/aromatic N) is 1. The lowest BCUT2D eigenvalue weighted by molar-refractivity contribution is 0.135. The molecule has 1 aliphatic carbocycles. The third-order valence-electron chi connectivity index (χ3n) is 2.86. The summed E-state index contributed by atoms with van der Waals surface area (Å²) >= 11 is 1.48. The smallest absolute Gasteiger partial charge is 0.0609 e. The van der Waals surface area contributed by atoms with Gasteiger partial charge < -0.3 is 5.11 Å². The molecule has 1 N–H and O–H groups in total. The van der Waals surface area contributed by atoms with Crippen LogP contribution in [0.25, 0.3) is 0 Å². The van der Waals surface area contributed by atoms with Crippen LogP contribution in [-0.4, -0.2) is 15.6 Å². The minimum absolute atomic E-state index is 0.140. The molecule has 2 nitrogen and oxygen atoms in total. The van der Waals surface area contributed by atoms with Gasteiger partial charge in [0.15, 0.2) is 0 Å². The van der Waals surface area contributed by atoms with Crippen molar-refractivity contribution in [2.75, 3.05) is 0 Å². The average Bonchev–Trinajstić information content (AvgIpc) is 2.56. The molecular weight excluding hydrogens is 182 g/mol. The summed E-state index contributed by atoms with van der Waals surface area (Å²) in [6.07, 6.45) is 7.54. The molecule has 0 aromatic carbocycles. The van der Waals surface area contributed by atoms with Gasteiger partial charge in [0.2, 0.25) is 0 Å². The average molecular weight is 197 g/mol. The van der Waals surface area contributed by atoms with Gasteiger partial charge in [-0.2, -0.15) is 0 Å². The lowest BCUT2D eigenvalue weighted by Crippen LogP contribution is -2.16. The summed E-state index contributed by atoms with van der Waals surface area (Å²) in [6.45, 7) is 0. The van der Waals surface area contributed by atoms with Crippen LogP contribution in [0.1, 0.15) is 43.6 Å². The number of rotatable bonds is 1. The van der Waals surface area contributed by atoms with Crippen molar-refractivity contribution < 1.29 is 5.11 Å². The first kappa shape index (κ1) is 9.16. The minimum atomic E-state index is -0.140. The first-order chi connectivity index (χ1) is 6.38. The Labute approximate surface area is 82.8 Å². The number of aromatic nitrogens is 1. The molecule has 0 radical (unpaired) electrons. The van der Waals surface area contributed by atoms with Crippen molar-refractivity contribution in [1.29, 1.82) is 0 Å².